The van der Waals surface area contributed by atoms with E-state index in [-0.39, 0.29) is 24.1 Å². The average molecular weight is 196 g/mol. The number of carbonyl (C=O) groups excluding carboxylic acids is 1. The van der Waals surface area contributed by atoms with E-state index in [1.807, 2.05) is 0 Å². The lowest BCUT2D eigenvalue weighted by molar-refractivity contribution is 0.100. The number of ketones is 1. The van der Waals surface area contributed by atoms with Crippen molar-refractivity contribution in [3.05, 3.63) is 17.1 Å². The fourth-order valence-electron chi connectivity index (χ4n) is 1.08. The van der Waals surface area contributed by atoms with Crippen LogP contribution >= 0.6 is 0 Å². The SMILES string of the molecule is COc1nc(C(C)=O)nc(C)c1CO. The van der Waals surface area contributed by atoms with Crippen molar-refractivity contribution >= 4 is 5.78 Å². The standard InChI is InChI=1S/C9H12N2O3/c1-5-7(4-12)9(14-3)11-8(10-5)6(2)13/h12H,4H2,1-3H3. The van der Waals surface area contributed by atoms with Crippen molar-refractivity contribution in [2.75, 3.05) is 7.11 Å². The van der Waals surface area contributed by atoms with E-state index in [2.05, 4.69) is 9.97 Å². The van der Waals surface area contributed by atoms with Crippen LogP contribution in [-0.4, -0.2) is 28.0 Å². The normalized spacial score (nSPS) is 10.0. The molecule has 1 rings (SSSR count). The van der Waals surface area contributed by atoms with Gasteiger partial charge in [-0.1, -0.05) is 0 Å². The van der Waals surface area contributed by atoms with Crippen molar-refractivity contribution < 1.29 is 14.6 Å². The molecule has 0 saturated heterocycles. The van der Waals surface area contributed by atoms with E-state index in [0.29, 0.717) is 11.3 Å². The molecule has 0 aromatic carbocycles. The summed E-state index contributed by atoms with van der Waals surface area (Å²) in [5.74, 6) is 0.137. The molecular formula is C9H12N2O3. The number of methoxy groups -OCH3 is 1. The Balaban J connectivity index is 3.31. The van der Waals surface area contributed by atoms with Crippen LogP contribution in [0.5, 0.6) is 5.88 Å². The summed E-state index contributed by atoms with van der Waals surface area (Å²) in [6.45, 7) is 2.88. The molecule has 14 heavy (non-hydrogen) atoms. The Hall–Kier alpha value is -1.49. The molecule has 0 atom stereocenters. The van der Waals surface area contributed by atoms with Crippen molar-refractivity contribution in [2.45, 2.75) is 20.5 Å². The number of Topliss-reactive ketones (excluding diaryl/α,β-unsaturated/α-hetero) is 1. The molecular weight excluding hydrogens is 184 g/mol. The highest BCUT2D eigenvalue weighted by atomic mass is 16.5. The molecule has 0 fully saturated rings. The second kappa shape index (κ2) is 4.15. The van der Waals surface area contributed by atoms with Gasteiger partial charge in [0.25, 0.3) is 0 Å². The van der Waals surface area contributed by atoms with E-state index in [4.69, 9.17) is 9.84 Å². The van der Waals surface area contributed by atoms with Gasteiger partial charge in [0.2, 0.25) is 5.88 Å². The van der Waals surface area contributed by atoms with Crippen LogP contribution in [-0.2, 0) is 6.61 Å². The maximum Gasteiger partial charge on any atom is 0.222 e. The van der Waals surface area contributed by atoms with Crippen LogP contribution in [0.3, 0.4) is 0 Å². The van der Waals surface area contributed by atoms with Crippen LogP contribution in [0.4, 0.5) is 0 Å². The first-order chi connectivity index (χ1) is 6.60. The molecule has 1 aromatic heterocycles. The molecule has 0 unspecified atom stereocenters. The van der Waals surface area contributed by atoms with Gasteiger partial charge in [-0.2, -0.15) is 4.98 Å². The topological polar surface area (TPSA) is 72.3 Å². The van der Waals surface area contributed by atoms with Gasteiger partial charge in [0.15, 0.2) is 11.6 Å². The van der Waals surface area contributed by atoms with Gasteiger partial charge in [-0.15, -0.1) is 0 Å². The smallest absolute Gasteiger partial charge is 0.222 e. The third kappa shape index (κ3) is 1.88. The van der Waals surface area contributed by atoms with E-state index >= 15 is 0 Å². The predicted octanol–water partition coefficient (Wildman–Crippen LogP) is 0.489. The molecule has 76 valence electrons. The monoisotopic (exact) mass is 196 g/mol. The third-order valence-electron chi connectivity index (χ3n) is 1.84. The molecule has 5 nitrogen and oxygen atoms in total. The highest BCUT2D eigenvalue weighted by Gasteiger charge is 2.13. The number of ether oxygens (including phenoxy) is 1. The van der Waals surface area contributed by atoms with Gasteiger partial charge < -0.3 is 9.84 Å². The third-order valence-corrected chi connectivity index (χ3v) is 1.84. The zero-order valence-electron chi connectivity index (χ0n) is 8.37. The van der Waals surface area contributed by atoms with Gasteiger partial charge in [-0.3, -0.25) is 4.79 Å². The molecule has 5 heteroatoms. The van der Waals surface area contributed by atoms with Crippen LogP contribution < -0.4 is 4.74 Å². The van der Waals surface area contributed by atoms with E-state index < -0.39 is 0 Å². The first-order valence-electron chi connectivity index (χ1n) is 4.13. The van der Waals surface area contributed by atoms with E-state index in [9.17, 15) is 4.79 Å². The zero-order valence-corrected chi connectivity index (χ0v) is 8.37. The Kier molecular flexibility index (Phi) is 3.14. The number of aryl methyl sites for hydroxylation is 1. The highest BCUT2D eigenvalue weighted by Crippen LogP contribution is 2.18. The van der Waals surface area contributed by atoms with Gasteiger partial charge >= 0.3 is 0 Å². The number of nitrogens with zero attached hydrogens (tertiary/aromatic N) is 2. The van der Waals surface area contributed by atoms with Gasteiger partial charge in [-0.25, -0.2) is 4.98 Å². The summed E-state index contributed by atoms with van der Waals surface area (Å²) in [6, 6.07) is 0. The Morgan fingerprint density at radius 3 is 2.57 bits per heavy atom. The first-order valence-corrected chi connectivity index (χ1v) is 4.13. The summed E-state index contributed by atoms with van der Waals surface area (Å²) in [7, 11) is 1.44. The Bertz CT molecular complexity index is 363. The predicted molar refractivity (Wildman–Crippen MR) is 49.2 cm³/mol. The summed E-state index contributed by atoms with van der Waals surface area (Å²) < 4.78 is 4.94. The average Bonchev–Trinajstić information content (AvgIpc) is 2.16. The summed E-state index contributed by atoms with van der Waals surface area (Å²) in [4.78, 5) is 18.9. The van der Waals surface area contributed by atoms with Crippen LogP contribution in [0.15, 0.2) is 0 Å². The van der Waals surface area contributed by atoms with Crippen LogP contribution in [0.25, 0.3) is 0 Å². The molecule has 0 bridgehead atoms. The molecule has 0 spiro atoms. The fraction of sp³-hybridized carbons (Fsp3) is 0.444. The van der Waals surface area contributed by atoms with Crippen molar-refractivity contribution in [1.29, 1.82) is 0 Å². The fourth-order valence-corrected chi connectivity index (χ4v) is 1.08. The van der Waals surface area contributed by atoms with E-state index in [0.717, 1.165) is 0 Å². The van der Waals surface area contributed by atoms with Crippen molar-refractivity contribution in [1.82, 2.24) is 9.97 Å². The summed E-state index contributed by atoms with van der Waals surface area (Å²) in [6.07, 6.45) is 0. The number of aliphatic hydroxyl groups excluding tert-OH is 1. The number of aromatic nitrogens is 2. The minimum atomic E-state index is -0.226. The van der Waals surface area contributed by atoms with Gasteiger partial charge in [0.05, 0.1) is 25.0 Å². The Morgan fingerprint density at radius 2 is 2.14 bits per heavy atom. The van der Waals surface area contributed by atoms with E-state index in [1.54, 1.807) is 6.92 Å². The van der Waals surface area contributed by atoms with Gasteiger partial charge in [0.1, 0.15) is 0 Å². The molecule has 0 radical (unpaired) electrons. The van der Waals surface area contributed by atoms with Gasteiger partial charge in [0, 0.05) is 6.92 Å². The van der Waals surface area contributed by atoms with Crippen molar-refractivity contribution in [3.8, 4) is 5.88 Å². The maximum absolute atomic E-state index is 11.0. The molecule has 0 aliphatic carbocycles. The Morgan fingerprint density at radius 1 is 1.50 bits per heavy atom. The van der Waals surface area contributed by atoms with Crippen LogP contribution in [0.2, 0.25) is 0 Å². The number of carbonyl (C=O) groups is 1. The second-order valence-electron chi connectivity index (χ2n) is 2.83. The molecule has 1 heterocycles. The minimum Gasteiger partial charge on any atom is -0.481 e. The molecule has 1 aromatic rings. The Labute approximate surface area is 81.8 Å². The summed E-state index contributed by atoms with van der Waals surface area (Å²) in [5.41, 5.74) is 1.07. The quantitative estimate of drug-likeness (QED) is 0.712. The second-order valence-corrected chi connectivity index (χ2v) is 2.83. The van der Waals surface area contributed by atoms with Crippen LogP contribution in [0.1, 0.15) is 28.8 Å². The number of hydrogen-bond acceptors (Lipinski definition) is 5. The number of hydrogen-bond donors (Lipinski definition) is 1. The first kappa shape index (κ1) is 10.6. The molecule has 0 aliphatic heterocycles. The molecule has 1 N–H and O–H groups in total. The lowest BCUT2D eigenvalue weighted by Gasteiger charge is -2.08. The van der Waals surface area contributed by atoms with E-state index in [1.165, 1.54) is 14.0 Å². The lowest BCUT2D eigenvalue weighted by Crippen LogP contribution is -2.08. The van der Waals surface area contributed by atoms with Crippen LogP contribution in [0, 0.1) is 6.92 Å². The summed E-state index contributed by atoms with van der Waals surface area (Å²) >= 11 is 0. The summed E-state index contributed by atoms with van der Waals surface area (Å²) in [5, 5.41) is 9.01. The number of aliphatic hydroxyl groups is 1. The molecule has 0 aliphatic rings. The lowest BCUT2D eigenvalue weighted by atomic mass is 10.2. The van der Waals surface area contributed by atoms with Crippen molar-refractivity contribution in [2.24, 2.45) is 0 Å². The number of rotatable bonds is 3. The molecule has 0 saturated carbocycles. The zero-order chi connectivity index (χ0) is 10.7. The maximum atomic E-state index is 11.0. The minimum absolute atomic E-state index is 0.108. The van der Waals surface area contributed by atoms with Crippen molar-refractivity contribution in [3.63, 3.8) is 0 Å². The van der Waals surface area contributed by atoms with Gasteiger partial charge in [-0.05, 0) is 6.92 Å². The highest BCUT2D eigenvalue weighted by molar-refractivity contribution is 5.90. The largest absolute Gasteiger partial charge is 0.481 e. The molecule has 0 amide bonds.